The fourth-order valence-electron chi connectivity index (χ4n) is 3.63. The highest BCUT2D eigenvalue weighted by Gasteiger charge is 2.28. The second-order valence-electron chi connectivity index (χ2n) is 7.23. The first-order chi connectivity index (χ1) is 13.0. The number of pyridine rings is 1. The van der Waals surface area contributed by atoms with E-state index in [9.17, 15) is 4.79 Å². The number of carbonyl (C=O) groups excluding carboxylic acids is 1. The predicted octanol–water partition coefficient (Wildman–Crippen LogP) is 2.83. The summed E-state index contributed by atoms with van der Waals surface area (Å²) in [4.78, 5) is 23.4. The molecule has 142 valence electrons. The number of amides is 1. The molecule has 1 aromatic heterocycles. The van der Waals surface area contributed by atoms with Gasteiger partial charge >= 0.3 is 0 Å². The number of benzene rings is 1. The molecule has 2 aromatic rings. The number of aromatic nitrogens is 1. The Hall–Kier alpha value is -2.31. The molecule has 4 rings (SSSR count). The summed E-state index contributed by atoms with van der Waals surface area (Å²) >= 11 is 5.98. The Morgan fingerprint density at radius 3 is 2.59 bits per heavy atom. The van der Waals surface area contributed by atoms with Crippen molar-refractivity contribution in [2.24, 2.45) is 0 Å². The van der Waals surface area contributed by atoms with Gasteiger partial charge < -0.3 is 15.1 Å². The van der Waals surface area contributed by atoms with Crippen molar-refractivity contribution in [2.45, 2.75) is 19.5 Å². The number of piperazine rings is 1. The zero-order valence-corrected chi connectivity index (χ0v) is 16.4. The van der Waals surface area contributed by atoms with Crippen molar-refractivity contribution in [3.8, 4) is 0 Å². The van der Waals surface area contributed by atoms with E-state index < -0.39 is 0 Å². The van der Waals surface area contributed by atoms with E-state index in [4.69, 9.17) is 11.6 Å². The molecular formula is C20H24ClN5O. The third-order valence-corrected chi connectivity index (χ3v) is 5.70. The Bertz CT molecular complexity index is 833. The summed E-state index contributed by atoms with van der Waals surface area (Å²) in [7, 11) is 1.91. The van der Waals surface area contributed by atoms with Crippen molar-refractivity contribution in [1.82, 2.24) is 9.88 Å². The maximum Gasteiger partial charge on any atom is 0.246 e. The SMILES string of the molecule is C[C@H]1C(=O)Nc2cc(CN3CCN(c4ccc(Cl)cc4)CC3)cnc2N1C. The van der Waals surface area contributed by atoms with Crippen LogP contribution in [-0.2, 0) is 11.3 Å². The molecule has 2 aliphatic rings. The molecule has 0 radical (unpaired) electrons. The van der Waals surface area contributed by atoms with Gasteiger partial charge in [-0.1, -0.05) is 11.6 Å². The molecule has 2 aliphatic heterocycles. The lowest BCUT2D eigenvalue weighted by Gasteiger charge is -2.36. The summed E-state index contributed by atoms with van der Waals surface area (Å²) in [6, 6.07) is 9.88. The van der Waals surface area contributed by atoms with E-state index in [0.717, 1.165) is 54.8 Å². The van der Waals surface area contributed by atoms with Crippen LogP contribution >= 0.6 is 11.6 Å². The number of anilines is 3. The zero-order valence-electron chi connectivity index (χ0n) is 15.7. The number of hydrogen-bond acceptors (Lipinski definition) is 5. The number of fused-ring (bicyclic) bond motifs is 1. The molecule has 6 nitrogen and oxygen atoms in total. The van der Waals surface area contributed by atoms with Crippen molar-refractivity contribution >= 4 is 34.7 Å². The van der Waals surface area contributed by atoms with E-state index in [0.29, 0.717) is 0 Å². The number of halogens is 1. The van der Waals surface area contributed by atoms with E-state index in [-0.39, 0.29) is 11.9 Å². The number of carbonyl (C=O) groups is 1. The Kier molecular flexibility index (Phi) is 4.93. The van der Waals surface area contributed by atoms with Crippen molar-refractivity contribution in [3.05, 3.63) is 47.1 Å². The first kappa shape index (κ1) is 18.1. The second-order valence-corrected chi connectivity index (χ2v) is 7.67. The van der Waals surface area contributed by atoms with Crippen LogP contribution in [0.1, 0.15) is 12.5 Å². The summed E-state index contributed by atoms with van der Waals surface area (Å²) in [6.45, 7) is 6.66. The van der Waals surface area contributed by atoms with Gasteiger partial charge in [0, 0.05) is 56.7 Å². The van der Waals surface area contributed by atoms with Crippen LogP contribution in [-0.4, -0.2) is 55.1 Å². The summed E-state index contributed by atoms with van der Waals surface area (Å²) < 4.78 is 0. The molecule has 0 bridgehead atoms. The standard InChI is InChI=1S/C20H24ClN5O/c1-14-20(27)23-18-11-15(12-22-19(18)24(14)2)13-25-7-9-26(10-8-25)17-5-3-16(21)4-6-17/h3-6,11-12,14H,7-10,13H2,1-2H3,(H,23,27)/t14-/m0/s1. The molecule has 1 amide bonds. The molecule has 0 aliphatic carbocycles. The van der Waals surface area contributed by atoms with Crippen molar-refractivity contribution in [2.75, 3.05) is 48.3 Å². The van der Waals surface area contributed by atoms with Gasteiger partial charge in [-0.05, 0) is 42.8 Å². The normalized spacial score (nSPS) is 20.4. The van der Waals surface area contributed by atoms with E-state index >= 15 is 0 Å². The van der Waals surface area contributed by atoms with Gasteiger partial charge in [0.2, 0.25) is 5.91 Å². The molecule has 1 saturated heterocycles. The van der Waals surface area contributed by atoms with Gasteiger partial charge in [-0.25, -0.2) is 4.98 Å². The number of nitrogens with one attached hydrogen (secondary N) is 1. The Morgan fingerprint density at radius 1 is 1.19 bits per heavy atom. The van der Waals surface area contributed by atoms with Gasteiger partial charge in [0.1, 0.15) is 6.04 Å². The van der Waals surface area contributed by atoms with Crippen LogP contribution in [0.3, 0.4) is 0 Å². The highest BCUT2D eigenvalue weighted by atomic mass is 35.5. The molecule has 1 N–H and O–H groups in total. The summed E-state index contributed by atoms with van der Waals surface area (Å²) in [5, 5.41) is 3.74. The third-order valence-electron chi connectivity index (χ3n) is 5.45. The molecule has 7 heteroatoms. The minimum absolute atomic E-state index is 0.0144. The minimum atomic E-state index is -0.197. The van der Waals surface area contributed by atoms with E-state index in [1.807, 2.05) is 43.3 Å². The number of nitrogens with zero attached hydrogens (tertiary/aromatic N) is 4. The molecular weight excluding hydrogens is 362 g/mol. The number of likely N-dealkylation sites (N-methyl/N-ethyl adjacent to an activating group) is 1. The zero-order chi connectivity index (χ0) is 19.0. The van der Waals surface area contributed by atoms with Crippen LogP contribution in [0.2, 0.25) is 5.02 Å². The summed E-state index contributed by atoms with van der Waals surface area (Å²) in [5.41, 5.74) is 3.14. The maximum absolute atomic E-state index is 12.1. The lowest BCUT2D eigenvalue weighted by molar-refractivity contribution is -0.117. The highest BCUT2D eigenvalue weighted by Crippen LogP contribution is 2.29. The predicted molar refractivity (Wildman–Crippen MR) is 110 cm³/mol. The maximum atomic E-state index is 12.1. The Balaban J connectivity index is 1.39. The van der Waals surface area contributed by atoms with Crippen LogP contribution in [0.4, 0.5) is 17.2 Å². The Morgan fingerprint density at radius 2 is 1.89 bits per heavy atom. The van der Waals surface area contributed by atoms with Gasteiger partial charge in [-0.15, -0.1) is 0 Å². The monoisotopic (exact) mass is 385 g/mol. The van der Waals surface area contributed by atoms with E-state index in [2.05, 4.69) is 32.2 Å². The molecule has 1 aromatic carbocycles. The summed E-state index contributed by atoms with van der Waals surface area (Å²) in [6.07, 6.45) is 1.92. The molecule has 0 saturated carbocycles. The quantitative estimate of drug-likeness (QED) is 0.880. The molecule has 0 unspecified atom stereocenters. The van der Waals surface area contributed by atoms with Gasteiger partial charge in [-0.3, -0.25) is 9.69 Å². The molecule has 0 spiro atoms. The summed E-state index contributed by atoms with van der Waals surface area (Å²) in [5.74, 6) is 0.846. The average molecular weight is 386 g/mol. The number of hydrogen-bond donors (Lipinski definition) is 1. The molecule has 27 heavy (non-hydrogen) atoms. The highest BCUT2D eigenvalue weighted by molar-refractivity contribution is 6.30. The van der Waals surface area contributed by atoms with Crippen LogP contribution in [0.5, 0.6) is 0 Å². The van der Waals surface area contributed by atoms with Crippen molar-refractivity contribution < 1.29 is 4.79 Å². The second kappa shape index (κ2) is 7.37. The van der Waals surface area contributed by atoms with Crippen LogP contribution < -0.4 is 15.1 Å². The van der Waals surface area contributed by atoms with Crippen LogP contribution in [0.15, 0.2) is 36.5 Å². The topological polar surface area (TPSA) is 51.7 Å². The van der Waals surface area contributed by atoms with Gasteiger partial charge in [-0.2, -0.15) is 0 Å². The van der Waals surface area contributed by atoms with Gasteiger partial charge in [0.15, 0.2) is 5.82 Å². The molecule has 1 fully saturated rings. The largest absolute Gasteiger partial charge is 0.369 e. The van der Waals surface area contributed by atoms with E-state index in [1.54, 1.807) is 0 Å². The average Bonchev–Trinajstić information content (AvgIpc) is 2.67. The first-order valence-electron chi connectivity index (χ1n) is 9.27. The molecule has 3 heterocycles. The Labute approximate surface area is 164 Å². The fraction of sp³-hybridized carbons (Fsp3) is 0.400. The fourth-order valence-corrected chi connectivity index (χ4v) is 3.76. The first-order valence-corrected chi connectivity index (χ1v) is 9.64. The number of rotatable bonds is 3. The van der Waals surface area contributed by atoms with Crippen LogP contribution in [0.25, 0.3) is 0 Å². The lowest BCUT2D eigenvalue weighted by atomic mass is 10.1. The lowest BCUT2D eigenvalue weighted by Crippen LogP contribution is -2.46. The van der Waals surface area contributed by atoms with Crippen molar-refractivity contribution in [1.29, 1.82) is 0 Å². The third kappa shape index (κ3) is 3.73. The van der Waals surface area contributed by atoms with Crippen molar-refractivity contribution in [3.63, 3.8) is 0 Å². The van der Waals surface area contributed by atoms with E-state index in [1.165, 1.54) is 5.69 Å². The smallest absolute Gasteiger partial charge is 0.246 e. The minimum Gasteiger partial charge on any atom is -0.369 e. The molecule has 1 atom stereocenters. The van der Waals surface area contributed by atoms with Gasteiger partial charge in [0.25, 0.3) is 0 Å². The van der Waals surface area contributed by atoms with Crippen LogP contribution in [0, 0.1) is 0 Å². The van der Waals surface area contributed by atoms with Gasteiger partial charge in [0.05, 0.1) is 5.69 Å².